The van der Waals surface area contributed by atoms with Crippen LogP contribution in [0.25, 0.3) is 0 Å². The molecule has 0 bridgehead atoms. The van der Waals surface area contributed by atoms with Crippen LogP contribution in [-0.2, 0) is 6.42 Å². The van der Waals surface area contributed by atoms with Gasteiger partial charge in [-0.25, -0.2) is 4.98 Å². The number of imidazole rings is 1. The Hall–Kier alpha value is -1.91. The summed E-state index contributed by atoms with van der Waals surface area (Å²) >= 11 is 0. The molecule has 1 aliphatic carbocycles. The predicted molar refractivity (Wildman–Crippen MR) is 98.2 cm³/mol. The molecule has 0 aromatic carbocycles. The quantitative estimate of drug-likeness (QED) is 0.813. The SMILES string of the molecule is C.C=CC1=CCC(Cc2cnc[nH]2)CC1.CC#CC.O.O.O.O. The molecular weight excluding hydrogens is 296 g/mol. The van der Waals surface area contributed by atoms with E-state index in [0.717, 1.165) is 12.3 Å². The van der Waals surface area contributed by atoms with Crippen LogP contribution < -0.4 is 0 Å². The molecule has 9 N–H and O–H groups in total. The molecule has 0 radical (unpaired) electrons. The number of nitrogens with zero attached hydrogens (tertiary/aromatic N) is 1. The van der Waals surface area contributed by atoms with E-state index < -0.39 is 0 Å². The highest BCUT2D eigenvalue weighted by atomic mass is 16.0. The molecule has 1 atom stereocenters. The van der Waals surface area contributed by atoms with Crippen LogP contribution in [0, 0.1) is 17.8 Å². The summed E-state index contributed by atoms with van der Waals surface area (Å²) in [5.74, 6) is 6.14. The highest BCUT2D eigenvalue weighted by molar-refractivity contribution is 5.18. The van der Waals surface area contributed by atoms with Crippen molar-refractivity contribution >= 4 is 0 Å². The molecule has 1 aromatic rings. The van der Waals surface area contributed by atoms with E-state index in [9.17, 15) is 0 Å². The molecule has 2 rings (SSSR count). The maximum Gasteiger partial charge on any atom is 0.0921 e. The van der Waals surface area contributed by atoms with E-state index in [4.69, 9.17) is 0 Å². The second kappa shape index (κ2) is 20.1. The number of H-pyrrole nitrogens is 1. The van der Waals surface area contributed by atoms with E-state index in [-0.39, 0.29) is 29.3 Å². The Kier molecular flexibility index (Phi) is 28.7. The second-order valence-corrected chi connectivity index (χ2v) is 4.40. The third-order valence-electron chi connectivity index (χ3n) is 3.13. The van der Waals surface area contributed by atoms with E-state index in [0.29, 0.717) is 0 Å². The fourth-order valence-corrected chi connectivity index (χ4v) is 1.99. The van der Waals surface area contributed by atoms with Gasteiger partial charge < -0.3 is 26.9 Å². The van der Waals surface area contributed by atoms with Crippen molar-refractivity contribution in [3.8, 4) is 11.8 Å². The van der Waals surface area contributed by atoms with Crippen molar-refractivity contribution in [2.45, 2.75) is 47.0 Å². The molecule has 23 heavy (non-hydrogen) atoms. The lowest BCUT2D eigenvalue weighted by atomic mass is 9.87. The number of rotatable bonds is 3. The third kappa shape index (κ3) is 13.5. The van der Waals surface area contributed by atoms with Crippen LogP contribution in [0.15, 0.2) is 36.8 Å². The van der Waals surface area contributed by atoms with E-state index in [1.54, 1.807) is 6.33 Å². The predicted octanol–water partition coefficient (Wildman–Crippen LogP) is 1.23. The highest BCUT2D eigenvalue weighted by Gasteiger charge is 2.13. The number of aromatic amines is 1. The van der Waals surface area contributed by atoms with Crippen molar-refractivity contribution in [3.05, 3.63) is 42.5 Å². The molecule has 0 amide bonds. The summed E-state index contributed by atoms with van der Waals surface area (Å²) in [7, 11) is 0. The van der Waals surface area contributed by atoms with Gasteiger partial charge in [0, 0.05) is 11.9 Å². The lowest BCUT2D eigenvalue weighted by molar-refractivity contribution is 0.467. The first-order valence-corrected chi connectivity index (χ1v) is 6.42. The molecule has 1 unspecified atom stereocenters. The van der Waals surface area contributed by atoms with Crippen LogP contribution in [-0.4, -0.2) is 31.9 Å². The Morgan fingerprint density at radius 3 is 2.22 bits per heavy atom. The van der Waals surface area contributed by atoms with Crippen molar-refractivity contribution in [3.63, 3.8) is 0 Å². The van der Waals surface area contributed by atoms with Crippen molar-refractivity contribution in [2.75, 3.05) is 0 Å². The maximum atomic E-state index is 4.03. The zero-order valence-electron chi connectivity index (χ0n) is 13.4. The summed E-state index contributed by atoms with van der Waals surface area (Å²) in [5, 5.41) is 0. The topological polar surface area (TPSA) is 155 Å². The van der Waals surface area contributed by atoms with Gasteiger partial charge in [0.05, 0.1) is 6.33 Å². The van der Waals surface area contributed by atoms with Crippen LogP contribution in [0.4, 0.5) is 0 Å². The normalized spacial score (nSPS) is 13.8. The third-order valence-corrected chi connectivity index (χ3v) is 3.13. The second-order valence-electron chi connectivity index (χ2n) is 4.40. The summed E-state index contributed by atoms with van der Waals surface area (Å²) in [6, 6.07) is 0. The zero-order valence-corrected chi connectivity index (χ0v) is 13.4. The molecule has 0 aliphatic heterocycles. The Morgan fingerprint density at radius 2 is 1.87 bits per heavy atom. The summed E-state index contributed by atoms with van der Waals surface area (Å²) in [6.45, 7) is 7.44. The number of hydrogen-bond acceptors (Lipinski definition) is 1. The van der Waals surface area contributed by atoms with E-state index in [1.807, 2.05) is 26.1 Å². The number of aromatic nitrogens is 2. The molecule has 6 nitrogen and oxygen atoms in total. The number of nitrogens with one attached hydrogen (secondary N) is 1. The summed E-state index contributed by atoms with van der Waals surface area (Å²) in [6.07, 6.45) is 12.7. The minimum atomic E-state index is 0. The molecule has 0 fully saturated rings. The molecule has 0 saturated heterocycles. The largest absolute Gasteiger partial charge is 0.412 e. The Bertz CT molecular complexity index is 439. The van der Waals surface area contributed by atoms with E-state index >= 15 is 0 Å². The first kappa shape index (κ1) is 32.9. The van der Waals surface area contributed by atoms with Crippen LogP contribution in [0.3, 0.4) is 0 Å². The number of allylic oxidation sites excluding steroid dienone is 3. The molecule has 136 valence electrons. The van der Waals surface area contributed by atoms with E-state index in [2.05, 4.69) is 34.5 Å². The Balaban J connectivity index is -0.000000109. The van der Waals surface area contributed by atoms with Crippen molar-refractivity contribution < 1.29 is 21.9 Å². The molecule has 1 heterocycles. The van der Waals surface area contributed by atoms with Crippen molar-refractivity contribution in [2.24, 2.45) is 5.92 Å². The first-order chi connectivity index (χ1) is 8.80. The van der Waals surface area contributed by atoms with Gasteiger partial charge in [-0.05, 0) is 45.4 Å². The highest BCUT2D eigenvalue weighted by Crippen LogP contribution is 2.26. The summed E-state index contributed by atoms with van der Waals surface area (Å²) in [5.41, 5.74) is 2.66. The van der Waals surface area contributed by atoms with Gasteiger partial charge in [-0.15, -0.1) is 11.8 Å². The number of hydrogen-bond donors (Lipinski definition) is 1. The Morgan fingerprint density at radius 1 is 1.26 bits per heavy atom. The molecule has 6 heteroatoms. The van der Waals surface area contributed by atoms with Gasteiger partial charge in [0.1, 0.15) is 0 Å². The monoisotopic (exact) mass is 330 g/mol. The maximum absolute atomic E-state index is 4.03. The van der Waals surface area contributed by atoms with Crippen molar-refractivity contribution in [1.29, 1.82) is 0 Å². The molecule has 0 saturated carbocycles. The Labute approximate surface area is 140 Å². The van der Waals surface area contributed by atoms with Crippen molar-refractivity contribution in [1.82, 2.24) is 9.97 Å². The molecular formula is C17H34N2O4. The van der Waals surface area contributed by atoms with Crippen LogP contribution in [0.5, 0.6) is 0 Å². The van der Waals surface area contributed by atoms with Crippen LogP contribution in [0.1, 0.15) is 46.2 Å². The van der Waals surface area contributed by atoms with Gasteiger partial charge in [0.2, 0.25) is 0 Å². The van der Waals surface area contributed by atoms with Gasteiger partial charge in [-0.2, -0.15) is 0 Å². The first-order valence-electron chi connectivity index (χ1n) is 6.42. The van der Waals surface area contributed by atoms with Gasteiger partial charge in [0.25, 0.3) is 0 Å². The average molecular weight is 330 g/mol. The standard InChI is InChI=1S/C12H16N2.C4H6.CH4.4H2O/c1-2-10-3-5-11(6-4-10)7-12-8-13-9-14-12;1-3-4-2;;;;;/h2-3,8-9,11H,1,4-7H2,(H,13,14);1-2H3;1H4;4*1H2. The lowest BCUT2D eigenvalue weighted by Crippen LogP contribution is -2.08. The van der Waals surface area contributed by atoms with Gasteiger partial charge in [-0.1, -0.05) is 31.7 Å². The average Bonchev–Trinajstić information content (AvgIpc) is 2.93. The van der Waals surface area contributed by atoms with Gasteiger partial charge in [-0.3, -0.25) is 0 Å². The van der Waals surface area contributed by atoms with E-state index in [1.165, 1.54) is 30.5 Å². The fourth-order valence-electron chi connectivity index (χ4n) is 1.99. The van der Waals surface area contributed by atoms with Crippen LogP contribution >= 0.6 is 0 Å². The molecule has 0 spiro atoms. The molecule has 1 aliphatic rings. The van der Waals surface area contributed by atoms with Gasteiger partial charge >= 0.3 is 0 Å². The smallest absolute Gasteiger partial charge is 0.0921 e. The summed E-state index contributed by atoms with van der Waals surface area (Å²) in [4.78, 5) is 7.19. The zero-order chi connectivity index (χ0) is 13.2. The molecule has 1 aromatic heterocycles. The minimum Gasteiger partial charge on any atom is -0.412 e. The van der Waals surface area contributed by atoms with Crippen LogP contribution in [0.2, 0.25) is 0 Å². The van der Waals surface area contributed by atoms with Gasteiger partial charge in [0.15, 0.2) is 0 Å². The lowest BCUT2D eigenvalue weighted by Gasteiger charge is -2.19. The minimum absolute atomic E-state index is 0. The summed E-state index contributed by atoms with van der Waals surface area (Å²) < 4.78 is 0. The fraction of sp³-hybridized carbons (Fsp3) is 0.471.